The lowest BCUT2D eigenvalue weighted by Crippen LogP contribution is -2.41. The standard InChI is InChI=1S/C20H25N3O2/c1-20(2,3)25-19(24)23-13-9-16(10-14-23)15-5-7-17(8-6-15)18-21-11-4-12-22-18/h4-8,11-12,16H,9-10,13-14H2,1-3H3. The fraction of sp³-hybridized carbons (Fsp3) is 0.450. The second kappa shape index (κ2) is 7.21. The average Bonchev–Trinajstić information content (AvgIpc) is 2.61. The third kappa shape index (κ3) is 4.56. The second-order valence-corrected chi connectivity index (χ2v) is 7.44. The van der Waals surface area contributed by atoms with Gasteiger partial charge in [0.05, 0.1) is 0 Å². The molecule has 1 aliphatic rings. The van der Waals surface area contributed by atoms with Crippen molar-refractivity contribution in [1.82, 2.24) is 14.9 Å². The van der Waals surface area contributed by atoms with E-state index < -0.39 is 5.60 Å². The Morgan fingerprint density at radius 1 is 1.08 bits per heavy atom. The minimum absolute atomic E-state index is 0.206. The Labute approximate surface area is 149 Å². The molecule has 2 heterocycles. The highest BCUT2D eigenvalue weighted by Gasteiger charge is 2.27. The van der Waals surface area contributed by atoms with Crippen molar-refractivity contribution in [3.05, 3.63) is 48.3 Å². The molecule has 1 saturated heterocycles. The van der Waals surface area contributed by atoms with Gasteiger partial charge in [-0.1, -0.05) is 24.3 Å². The fourth-order valence-corrected chi connectivity index (χ4v) is 3.07. The summed E-state index contributed by atoms with van der Waals surface area (Å²) < 4.78 is 5.46. The first-order chi connectivity index (χ1) is 11.9. The molecule has 1 aliphatic heterocycles. The smallest absolute Gasteiger partial charge is 0.410 e. The van der Waals surface area contributed by atoms with Crippen molar-refractivity contribution in [3.63, 3.8) is 0 Å². The van der Waals surface area contributed by atoms with Crippen LogP contribution in [0.5, 0.6) is 0 Å². The second-order valence-electron chi connectivity index (χ2n) is 7.44. The molecule has 0 aliphatic carbocycles. The highest BCUT2D eigenvalue weighted by atomic mass is 16.6. The van der Waals surface area contributed by atoms with Crippen molar-refractivity contribution >= 4 is 6.09 Å². The molecular weight excluding hydrogens is 314 g/mol. The van der Waals surface area contributed by atoms with Crippen LogP contribution in [0.25, 0.3) is 11.4 Å². The van der Waals surface area contributed by atoms with E-state index in [0.717, 1.165) is 37.3 Å². The summed E-state index contributed by atoms with van der Waals surface area (Å²) in [6.07, 6.45) is 5.22. The minimum Gasteiger partial charge on any atom is -0.444 e. The van der Waals surface area contributed by atoms with E-state index in [-0.39, 0.29) is 6.09 Å². The van der Waals surface area contributed by atoms with Gasteiger partial charge in [-0.05, 0) is 51.2 Å². The molecule has 1 aromatic heterocycles. The summed E-state index contributed by atoms with van der Waals surface area (Å²) in [5, 5.41) is 0. The Kier molecular flexibility index (Phi) is 5.02. The van der Waals surface area contributed by atoms with Crippen molar-refractivity contribution in [2.24, 2.45) is 0 Å². The zero-order chi connectivity index (χ0) is 17.9. The lowest BCUT2D eigenvalue weighted by Gasteiger charge is -2.33. The molecule has 1 aromatic carbocycles. The Hall–Kier alpha value is -2.43. The van der Waals surface area contributed by atoms with Gasteiger partial charge in [0.15, 0.2) is 5.82 Å². The molecule has 2 aromatic rings. The van der Waals surface area contributed by atoms with Crippen LogP contribution in [0.15, 0.2) is 42.7 Å². The van der Waals surface area contributed by atoms with Gasteiger partial charge >= 0.3 is 6.09 Å². The number of piperidine rings is 1. The van der Waals surface area contributed by atoms with Gasteiger partial charge in [-0.2, -0.15) is 0 Å². The summed E-state index contributed by atoms with van der Waals surface area (Å²) in [4.78, 5) is 22.5. The molecule has 0 bridgehead atoms. The number of benzene rings is 1. The lowest BCUT2D eigenvalue weighted by molar-refractivity contribution is 0.0205. The monoisotopic (exact) mass is 339 g/mol. The molecule has 0 radical (unpaired) electrons. The Bertz CT molecular complexity index is 700. The zero-order valence-electron chi connectivity index (χ0n) is 15.1. The molecular formula is C20H25N3O2. The number of hydrogen-bond donors (Lipinski definition) is 0. The third-order valence-electron chi connectivity index (χ3n) is 4.35. The van der Waals surface area contributed by atoms with Gasteiger partial charge in [0, 0.05) is 31.0 Å². The molecule has 1 amide bonds. The Balaban J connectivity index is 1.59. The quantitative estimate of drug-likeness (QED) is 0.820. The number of aromatic nitrogens is 2. The van der Waals surface area contributed by atoms with Gasteiger partial charge in [0.1, 0.15) is 5.60 Å². The van der Waals surface area contributed by atoms with E-state index >= 15 is 0 Å². The lowest BCUT2D eigenvalue weighted by atomic mass is 9.89. The summed E-state index contributed by atoms with van der Waals surface area (Å²) in [7, 11) is 0. The molecule has 0 unspecified atom stereocenters. The topological polar surface area (TPSA) is 55.3 Å². The van der Waals surface area contributed by atoms with Gasteiger partial charge in [0.25, 0.3) is 0 Å². The largest absolute Gasteiger partial charge is 0.444 e. The number of carbonyl (C=O) groups excluding carboxylic acids is 1. The van der Waals surface area contributed by atoms with Crippen LogP contribution in [-0.4, -0.2) is 39.7 Å². The maximum Gasteiger partial charge on any atom is 0.410 e. The van der Waals surface area contributed by atoms with E-state index in [0.29, 0.717) is 5.92 Å². The summed E-state index contributed by atoms with van der Waals surface area (Å²) in [5.74, 6) is 1.22. The molecule has 1 fully saturated rings. The van der Waals surface area contributed by atoms with E-state index in [2.05, 4.69) is 34.2 Å². The Morgan fingerprint density at radius 2 is 1.68 bits per heavy atom. The van der Waals surface area contributed by atoms with Crippen molar-refractivity contribution in [2.45, 2.75) is 45.1 Å². The third-order valence-corrected chi connectivity index (χ3v) is 4.35. The van der Waals surface area contributed by atoms with Crippen LogP contribution in [0, 0.1) is 0 Å². The van der Waals surface area contributed by atoms with Gasteiger partial charge < -0.3 is 9.64 Å². The summed E-state index contributed by atoms with van der Waals surface area (Å²) in [5.41, 5.74) is 1.89. The summed E-state index contributed by atoms with van der Waals surface area (Å²) in [6, 6.07) is 10.3. The average molecular weight is 339 g/mol. The highest BCUT2D eigenvalue weighted by Crippen LogP contribution is 2.29. The number of hydrogen-bond acceptors (Lipinski definition) is 4. The molecule has 0 atom stereocenters. The van der Waals surface area contributed by atoms with Gasteiger partial charge in [-0.3, -0.25) is 0 Å². The number of carbonyl (C=O) groups is 1. The predicted molar refractivity (Wildman–Crippen MR) is 97.3 cm³/mol. The minimum atomic E-state index is -0.441. The fourth-order valence-electron chi connectivity index (χ4n) is 3.07. The van der Waals surface area contributed by atoms with E-state index in [1.807, 2.05) is 31.7 Å². The van der Waals surface area contributed by atoms with Crippen LogP contribution < -0.4 is 0 Å². The summed E-state index contributed by atoms with van der Waals surface area (Å²) >= 11 is 0. The highest BCUT2D eigenvalue weighted by molar-refractivity contribution is 5.68. The van der Waals surface area contributed by atoms with E-state index in [1.54, 1.807) is 12.4 Å². The molecule has 5 nitrogen and oxygen atoms in total. The zero-order valence-corrected chi connectivity index (χ0v) is 15.1. The van der Waals surface area contributed by atoms with Crippen molar-refractivity contribution < 1.29 is 9.53 Å². The number of rotatable bonds is 2. The van der Waals surface area contributed by atoms with Crippen LogP contribution in [0.1, 0.15) is 45.1 Å². The Morgan fingerprint density at radius 3 is 2.24 bits per heavy atom. The van der Waals surface area contributed by atoms with Crippen LogP contribution in [0.4, 0.5) is 4.79 Å². The van der Waals surface area contributed by atoms with Crippen LogP contribution in [-0.2, 0) is 4.74 Å². The van der Waals surface area contributed by atoms with Crippen LogP contribution in [0.3, 0.4) is 0 Å². The molecule has 5 heteroatoms. The van der Waals surface area contributed by atoms with Crippen LogP contribution >= 0.6 is 0 Å². The van der Waals surface area contributed by atoms with Gasteiger partial charge in [-0.15, -0.1) is 0 Å². The maximum absolute atomic E-state index is 12.1. The molecule has 132 valence electrons. The molecule has 3 rings (SSSR count). The first-order valence-corrected chi connectivity index (χ1v) is 8.78. The first kappa shape index (κ1) is 17.4. The van der Waals surface area contributed by atoms with E-state index in [9.17, 15) is 4.79 Å². The van der Waals surface area contributed by atoms with Gasteiger partial charge in [-0.25, -0.2) is 14.8 Å². The first-order valence-electron chi connectivity index (χ1n) is 8.78. The summed E-state index contributed by atoms with van der Waals surface area (Å²) in [6.45, 7) is 7.17. The number of nitrogens with zero attached hydrogens (tertiary/aromatic N) is 3. The van der Waals surface area contributed by atoms with Crippen LogP contribution in [0.2, 0.25) is 0 Å². The SMILES string of the molecule is CC(C)(C)OC(=O)N1CCC(c2ccc(-c3ncccn3)cc2)CC1. The number of ether oxygens (including phenoxy) is 1. The molecule has 0 saturated carbocycles. The van der Waals surface area contributed by atoms with E-state index in [1.165, 1.54) is 5.56 Å². The van der Waals surface area contributed by atoms with Crippen molar-refractivity contribution in [2.75, 3.05) is 13.1 Å². The number of amides is 1. The maximum atomic E-state index is 12.1. The molecule has 25 heavy (non-hydrogen) atoms. The molecule has 0 N–H and O–H groups in total. The molecule has 0 spiro atoms. The number of likely N-dealkylation sites (tertiary alicyclic amines) is 1. The van der Waals surface area contributed by atoms with Crippen molar-refractivity contribution in [3.8, 4) is 11.4 Å². The van der Waals surface area contributed by atoms with Crippen molar-refractivity contribution in [1.29, 1.82) is 0 Å². The van der Waals surface area contributed by atoms with Gasteiger partial charge in [0.2, 0.25) is 0 Å². The normalized spacial score (nSPS) is 15.9. The predicted octanol–water partition coefficient (Wildman–Crippen LogP) is 4.26. The van der Waals surface area contributed by atoms with E-state index in [4.69, 9.17) is 4.74 Å².